The predicted octanol–water partition coefficient (Wildman–Crippen LogP) is 1.22. The van der Waals surface area contributed by atoms with Crippen LogP contribution in [0.25, 0.3) is 11.0 Å². The molecule has 3 aromatic rings. The average Bonchev–Trinajstić information content (AvgIpc) is 2.76. The lowest BCUT2D eigenvalue weighted by atomic mass is 10.1. The van der Waals surface area contributed by atoms with Gasteiger partial charge in [-0.2, -0.15) is 0 Å². The molecule has 0 spiro atoms. The zero-order valence-corrected chi connectivity index (χ0v) is 15.6. The van der Waals surface area contributed by atoms with Crippen LogP contribution in [0.4, 0.5) is 0 Å². The molecule has 0 atom stereocenters. The fourth-order valence-corrected chi connectivity index (χ4v) is 3.50. The quantitative estimate of drug-likeness (QED) is 0.642. The molecular weight excluding hydrogens is 358 g/mol. The van der Waals surface area contributed by atoms with Crippen LogP contribution in [0.15, 0.2) is 58.1 Å². The molecule has 1 aliphatic heterocycles. The van der Waals surface area contributed by atoms with Gasteiger partial charge in [-0.3, -0.25) is 19.0 Å². The Kier molecular flexibility index (Phi) is 4.83. The molecule has 1 saturated heterocycles. The van der Waals surface area contributed by atoms with E-state index in [2.05, 4.69) is 0 Å². The number of hydrogen-bond acceptors (Lipinski definition) is 4. The molecule has 1 aliphatic rings. The van der Waals surface area contributed by atoms with E-state index in [4.69, 9.17) is 4.74 Å². The number of para-hydroxylation sites is 2. The van der Waals surface area contributed by atoms with E-state index in [1.165, 1.54) is 9.13 Å². The SMILES string of the molecule is Cn1c(=O)c(=O)n(Cc2ccc(C(=O)N3CCOCC3)cc2)c2ccccc21. The molecule has 7 nitrogen and oxygen atoms in total. The van der Waals surface area contributed by atoms with Crippen LogP contribution in [0.5, 0.6) is 0 Å². The first-order chi connectivity index (χ1) is 13.6. The van der Waals surface area contributed by atoms with Crippen LogP contribution in [0.1, 0.15) is 15.9 Å². The number of aryl methyl sites for hydroxylation is 1. The van der Waals surface area contributed by atoms with Gasteiger partial charge in [-0.15, -0.1) is 0 Å². The highest BCUT2D eigenvalue weighted by Gasteiger charge is 2.18. The van der Waals surface area contributed by atoms with Gasteiger partial charge >= 0.3 is 11.1 Å². The van der Waals surface area contributed by atoms with E-state index in [1.54, 1.807) is 24.1 Å². The zero-order valence-electron chi connectivity index (χ0n) is 15.6. The summed E-state index contributed by atoms with van der Waals surface area (Å²) in [6.45, 7) is 2.57. The number of rotatable bonds is 3. The van der Waals surface area contributed by atoms with Crippen LogP contribution in [-0.4, -0.2) is 46.2 Å². The zero-order chi connectivity index (χ0) is 19.7. The molecule has 0 bridgehead atoms. The van der Waals surface area contributed by atoms with E-state index >= 15 is 0 Å². The van der Waals surface area contributed by atoms with E-state index < -0.39 is 11.1 Å². The lowest BCUT2D eigenvalue weighted by Crippen LogP contribution is -2.41. The van der Waals surface area contributed by atoms with Crippen molar-refractivity contribution in [1.29, 1.82) is 0 Å². The Labute approximate surface area is 161 Å². The minimum Gasteiger partial charge on any atom is -0.378 e. The highest BCUT2D eigenvalue weighted by molar-refractivity contribution is 5.94. The Morgan fingerprint density at radius 2 is 1.57 bits per heavy atom. The summed E-state index contributed by atoms with van der Waals surface area (Å²) >= 11 is 0. The van der Waals surface area contributed by atoms with Gasteiger partial charge in [-0.1, -0.05) is 24.3 Å². The van der Waals surface area contributed by atoms with Crippen LogP contribution in [0.3, 0.4) is 0 Å². The third-order valence-corrected chi connectivity index (χ3v) is 5.11. The molecule has 2 heterocycles. The third-order valence-electron chi connectivity index (χ3n) is 5.11. The van der Waals surface area contributed by atoms with Gasteiger partial charge in [0, 0.05) is 25.7 Å². The number of amides is 1. The number of benzene rings is 2. The Hall–Kier alpha value is -3.19. The van der Waals surface area contributed by atoms with Crippen molar-refractivity contribution >= 4 is 16.9 Å². The van der Waals surface area contributed by atoms with Crippen LogP contribution in [-0.2, 0) is 18.3 Å². The summed E-state index contributed by atoms with van der Waals surface area (Å²) in [5.74, 6) is -0.0222. The molecule has 0 saturated carbocycles. The summed E-state index contributed by atoms with van der Waals surface area (Å²) in [5.41, 5.74) is 1.73. The van der Waals surface area contributed by atoms with Gasteiger partial charge in [0.1, 0.15) is 0 Å². The van der Waals surface area contributed by atoms with Crippen LogP contribution in [0, 0.1) is 0 Å². The Balaban J connectivity index is 1.64. The number of fused-ring (bicyclic) bond motifs is 1. The fourth-order valence-electron chi connectivity index (χ4n) is 3.50. The van der Waals surface area contributed by atoms with Crippen molar-refractivity contribution in [3.8, 4) is 0 Å². The predicted molar refractivity (Wildman–Crippen MR) is 106 cm³/mol. The molecule has 2 aromatic carbocycles. The maximum Gasteiger partial charge on any atom is 0.317 e. The molecule has 1 amide bonds. The van der Waals surface area contributed by atoms with Gasteiger partial charge in [-0.05, 0) is 29.8 Å². The maximum absolute atomic E-state index is 12.6. The van der Waals surface area contributed by atoms with Crippen molar-refractivity contribution in [2.45, 2.75) is 6.54 Å². The van der Waals surface area contributed by atoms with Crippen molar-refractivity contribution in [3.05, 3.63) is 80.4 Å². The maximum atomic E-state index is 12.6. The summed E-state index contributed by atoms with van der Waals surface area (Å²) in [6.07, 6.45) is 0. The molecule has 1 fully saturated rings. The molecule has 144 valence electrons. The van der Waals surface area contributed by atoms with Gasteiger partial charge in [0.25, 0.3) is 5.91 Å². The van der Waals surface area contributed by atoms with Crippen molar-refractivity contribution in [3.63, 3.8) is 0 Å². The van der Waals surface area contributed by atoms with E-state index in [1.807, 2.05) is 36.4 Å². The molecule has 0 unspecified atom stereocenters. The van der Waals surface area contributed by atoms with Gasteiger partial charge in [0.05, 0.1) is 30.8 Å². The minimum atomic E-state index is -0.560. The van der Waals surface area contributed by atoms with Gasteiger partial charge in [0.2, 0.25) is 0 Å². The second kappa shape index (κ2) is 7.44. The molecular formula is C21H21N3O4. The Bertz CT molecular complexity index is 1140. The third kappa shape index (κ3) is 3.25. The second-order valence-corrected chi connectivity index (χ2v) is 6.85. The van der Waals surface area contributed by atoms with Crippen molar-refractivity contribution < 1.29 is 9.53 Å². The number of morpholine rings is 1. The van der Waals surface area contributed by atoms with E-state index in [9.17, 15) is 14.4 Å². The standard InChI is InChI=1S/C21H21N3O4/c1-22-17-4-2-3-5-18(17)24(21(27)20(22)26)14-15-6-8-16(9-7-15)19(25)23-10-12-28-13-11-23/h2-9H,10-14H2,1H3. The van der Waals surface area contributed by atoms with E-state index in [0.717, 1.165) is 5.56 Å². The summed E-state index contributed by atoms with van der Waals surface area (Å²) in [5, 5.41) is 0. The van der Waals surface area contributed by atoms with E-state index in [-0.39, 0.29) is 12.5 Å². The summed E-state index contributed by atoms with van der Waals surface area (Å²) in [7, 11) is 1.60. The lowest BCUT2D eigenvalue weighted by molar-refractivity contribution is 0.0303. The highest BCUT2D eigenvalue weighted by atomic mass is 16.5. The molecule has 4 rings (SSSR count). The Morgan fingerprint density at radius 1 is 0.929 bits per heavy atom. The van der Waals surface area contributed by atoms with E-state index in [0.29, 0.717) is 42.9 Å². The smallest absolute Gasteiger partial charge is 0.317 e. The second-order valence-electron chi connectivity index (χ2n) is 6.85. The van der Waals surface area contributed by atoms with Crippen molar-refractivity contribution in [2.24, 2.45) is 7.05 Å². The number of carbonyl (C=O) groups is 1. The molecule has 0 aliphatic carbocycles. The topological polar surface area (TPSA) is 73.5 Å². The normalized spacial score (nSPS) is 14.4. The van der Waals surface area contributed by atoms with Crippen LogP contribution in [0.2, 0.25) is 0 Å². The molecule has 1 aromatic heterocycles. The first-order valence-electron chi connectivity index (χ1n) is 9.21. The Morgan fingerprint density at radius 3 is 2.25 bits per heavy atom. The monoisotopic (exact) mass is 379 g/mol. The van der Waals surface area contributed by atoms with Crippen LogP contribution >= 0.6 is 0 Å². The molecule has 28 heavy (non-hydrogen) atoms. The first-order valence-corrected chi connectivity index (χ1v) is 9.21. The largest absolute Gasteiger partial charge is 0.378 e. The van der Waals surface area contributed by atoms with Gasteiger partial charge < -0.3 is 14.2 Å². The van der Waals surface area contributed by atoms with Crippen LogP contribution < -0.4 is 11.1 Å². The number of carbonyl (C=O) groups excluding carboxylic acids is 1. The molecule has 0 N–H and O–H groups in total. The average molecular weight is 379 g/mol. The van der Waals surface area contributed by atoms with Gasteiger partial charge in [0.15, 0.2) is 0 Å². The number of ether oxygens (including phenoxy) is 1. The van der Waals surface area contributed by atoms with Crippen molar-refractivity contribution in [2.75, 3.05) is 26.3 Å². The van der Waals surface area contributed by atoms with Gasteiger partial charge in [-0.25, -0.2) is 0 Å². The lowest BCUT2D eigenvalue weighted by Gasteiger charge is -2.26. The summed E-state index contributed by atoms with van der Waals surface area (Å²) in [4.78, 5) is 39.2. The number of aromatic nitrogens is 2. The fraction of sp³-hybridized carbons (Fsp3) is 0.286. The molecule has 7 heteroatoms. The van der Waals surface area contributed by atoms with Crippen molar-refractivity contribution in [1.82, 2.24) is 14.0 Å². The first kappa shape index (κ1) is 18.2. The highest BCUT2D eigenvalue weighted by Crippen LogP contribution is 2.13. The summed E-state index contributed by atoms with van der Waals surface area (Å²) < 4.78 is 8.14. The molecule has 0 radical (unpaired) electrons. The number of nitrogens with zero attached hydrogens (tertiary/aromatic N) is 3. The number of hydrogen-bond donors (Lipinski definition) is 0. The summed E-state index contributed by atoms with van der Waals surface area (Å²) in [6, 6.07) is 14.5. The minimum absolute atomic E-state index is 0.0222.